The van der Waals surface area contributed by atoms with Gasteiger partial charge in [0.2, 0.25) is 10.0 Å². The molecule has 1 fully saturated rings. The van der Waals surface area contributed by atoms with Crippen molar-refractivity contribution in [3.05, 3.63) is 58.0 Å². The minimum atomic E-state index is -3.71. The fourth-order valence-electron chi connectivity index (χ4n) is 3.57. The standard InChI is InChI=1S/C20H22N4O4S2/c1-2-9-24-17-7-6-15(14-18(17)29-20(24)26)30(27,28)23-12-10-22(11-13-23)19(25)16-5-3-4-8-21-16/h3-8,14H,2,9-13H2,1H3. The monoisotopic (exact) mass is 446 g/mol. The molecule has 30 heavy (non-hydrogen) atoms. The van der Waals surface area contributed by atoms with Gasteiger partial charge in [0.05, 0.1) is 15.1 Å². The highest BCUT2D eigenvalue weighted by molar-refractivity contribution is 7.89. The molecule has 158 valence electrons. The lowest BCUT2D eigenvalue weighted by Gasteiger charge is -2.33. The summed E-state index contributed by atoms with van der Waals surface area (Å²) in [6.45, 7) is 3.64. The van der Waals surface area contributed by atoms with Crippen LogP contribution in [0.1, 0.15) is 23.8 Å². The van der Waals surface area contributed by atoms with Crippen LogP contribution < -0.4 is 4.87 Å². The van der Waals surface area contributed by atoms with Gasteiger partial charge in [0.25, 0.3) is 5.91 Å². The van der Waals surface area contributed by atoms with Crippen LogP contribution in [0, 0.1) is 0 Å². The predicted octanol–water partition coefficient (Wildman–Crippen LogP) is 2.01. The number of carbonyl (C=O) groups is 1. The Morgan fingerprint density at radius 3 is 2.57 bits per heavy atom. The molecule has 10 heteroatoms. The average Bonchev–Trinajstić information content (AvgIpc) is 3.08. The fraction of sp³-hybridized carbons (Fsp3) is 0.350. The number of aryl methyl sites for hydroxylation is 1. The summed E-state index contributed by atoms with van der Waals surface area (Å²) in [4.78, 5) is 30.5. The van der Waals surface area contributed by atoms with Crippen molar-refractivity contribution in [2.45, 2.75) is 24.8 Å². The van der Waals surface area contributed by atoms with E-state index in [0.29, 0.717) is 30.0 Å². The number of hydrogen-bond acceptors (Lipinski definition) is 6. The maximum Gasteiger partial charge on any atom is 0.308 e. The Kier molecular flexibility index (Phi) is 5.72. The third-order valence-electron chi connectivity index (χ3n) is 5.13. The van der Waals surface area contributed by atoms with Gasteiger partial charge in [-0.2, -0.15) is 4.31 Å². The molecule has 0 N–H and O–H groups in total. The van der Waals surface area contributed by atoms with E-state index in [9.17, 15) is 18.0 Å². The van der Waals surface area contributed by atoms with Gasteiger partial charge in [0, 0.05) is 38.9 Å². The first-order chi connectivity index (χ1) is 14.4. The minimum Gasteiger partial charge on any atom is -0.335 e. The highest BCUT2D eigenvalue weighted by Crippen LogP contribution is 2.25. The number of nitrogens with zero attached hydrogens (tertiary/aromatic N) is 4. The van der Waals surface area contributed by atoms with Gasteiger partial charge in [-0.05, 0) is 36.8 Å². The van der Waals surface area contributed by atoms with Gasteiger partial charge in [0.1, 0.15) is 5.69 Å². The summed E-state index contributed by atoms with van der Waals surface area (Å²) in [5.74, 6) is -0.198. The predicted molar refractivity (Wildman–Crippen MR) is 115 cm³/mol. The Morgan fingerprint density at radius 2 is 1.90 bits per heavy atom. The van der Waals surface area contributed by atoms with Gasteiger partial charge in [-0.25, -0.2) is 8.42 Å². The highest BCUT2D eigenvalue weighted by atomic mass is 32.2. The summed E-state index contributed by atoms with van der Waals surface area (Å²) >= 11 is 1.06. The fourth-order valence-corrected chi connectivity index (χ4v) is 6.05. The molecule has 0 bridgehead atoms. The third kappa shape index (κ3) is 3.78. The zero-order valence-electron chi connectivity index (χ0n) is 16.5. The second-order valence-corrected chi connectivity index (χ2v) is 9.99. The molecule has 1 saturated heterocycles. The highest BCUT2D eigenvalue weighted by Gasteiger charge is 2.31. The molecule has 3 aromatic rings. The van der Waals surface area contributed by atoms with Crippen LogP contribution in [0.2, 0.25) is 0 Å². The van der Waals surface area contributed by atoms with Crippen LogP contribution in [0.3, 0.4) is 0 Å². The summed E-state index contributed by atoms with van der Waals surface area (Å²) in [5, 5.41) is 0. The zero-order valence-corrected chi connectivity index (χ0v) is 18.2. The summed E-state index contributed by atoms with van der Waals surface area (Å²) in [6, 6.07) is 9.98. The maximum atomic E-state index is 13.1. The number of carbonyl (C=O) groups excluding carboxylic acids is 1. The Morgan fingerprint density at radius 1 is 1.13 bits per heavy atom. The summed E-state index contributed by atoms with van der Waals surface area (Å²) in [5.41, 5.74) is 1.11. The van der Waals surface area contributed by atoms with E-state index in [2.05, 4.69) is 4.98 Å². The molecule has 0 atom stereocenters. The van der Waals surface area contributed by atoms with E-state index in [0.717, 1.165) is 23.3 Å². The largest absolute Gasteiger partial charge is 0.335 e. The Hall–Kier alpha value is -2.56. The second kappa shape index (κ2) is 8.29. The van der Waals surface area contributed by atoms with Gasteiger partial charge in [-0.3, -0.25) is 19.1 Å². The van der Waals surface area contributed by atoms with Crippen LogP contribution in [0.5, 0.6) is 0 Å². The lowest BCUT2D eigenvalue weighted by Crippen LogP contribution is -2.50. The minimum absolute atomic E-state index is 0.0805. The lowest BCUT2D eigenvalue weighted by molar-refractivity contribution is 0.0692. The quantitative estimate of drug-likeness (QED) is 0.598. The number of aromatic nitrogens is 2. The molecular weight excluding hydrogens is 424 g/mol. The number of hydrogen-bond donors (Lipinski definition) is 0. The Balaban J connectivity index is 1.52. The number of amides is 1. The Labute approximate surface area is 178 Å². The normalized spacial score (nSPS) is 15.6. The molecule has 0 spiro atoms. The number of pyridine rings is 1. The lowest BCUT2D eigenvalue weighted by atomic mass is 10.3. The van der Waals surface area contributed by atoms with E-state index in [1.165, 1.54) is 4.31 Å². The van der Waals surface area contributed by atoms with Crippen LogP contribution in [-0.4, -0.2) is 59.3 Å². The number of rotatable bonds is 5. The van der Waals surface area contributed by atoms with Crippen LogP contribution in [0.15, 0.2) is 52.3 Å². The van der Waals surface area contributed by atoms with E-state index < -0.39 is 10.0 Å². The summed E-state index contributed by atoms with van der Waals surface area (Å²) in [6.07, 6.45) is 2.39. The van der Waals surface area contributed by atoms with E-state index in [1.54, 1.807) is 52.1 Å². The van der Waals surface area contributed by atoms with Crippen molar-refractivity contribution in [1.82, 2.24) is 18.8 Å². The second-order valence-electron chi connectivity index (χ2n) is 7.06. The molecule has 0 radical (unpaired) electrons. The van der Waals surface area contributed by atoms with Crippen LogP contribution in [0.25, 0.3) is 10.2 Å². The molecule has 3 heterocycles. The first-order valence-corrected chi connectivity index (χ1v) is 12.0. The van der Waals surface area contributed by atoms with Crippen LogP contribution in [0.4, 0.5) is 0 Å². The van der Waals surface area contributed by atoms with Crippen molar-refractivity contribution < 1.29 is 13.2 Å². The van der Waals surface area contributed by atoms with Gasteiger partial charge in [-0.1, -0.05) is 24.3 Å². The topological polar surface area (TPSA) is 92.6 Å². The van der Waals surface area contributed by atoms with Gasteiger partial charge in [-0.15, -0.1) is 0 Å². The number of piperazine rings is 1. The van der Waals surface area contributed by atoms with Crippen LogP contribution in [-0.2, 0) is 16.6 Å². The van der Waals surface area contributed by atoms with Gasteiger partial charge in [0.15, 0.2) is 0 Å². The van der Waals surface area contributed by atoms with Crippen molar-refractivity contribution in [2.24, 2.45) is 0 Å². The number of fused-ring (bicyclic) bond motifs is 1. The first-order valence-electron chi connectivity index (χ1n) is 9.75. The molecular formula is C20H22N4O4S2. The van der Waals surface area contributed by atoms with Gasteiger partial charge < -0.3 is 4.90 Å². The number of thiazole rings is 1. The van der Waals surface area contributed by atoms with Crippen molar-refractivity contribution >= 4 is 37.5 Å². The molecule has 1 aliphatic heterocycles. The first kappa shape index (κ1) is 20.7. The molecule has 1 amide bonds. The van der Waals surface area contributed by atoms with Crippen molar-refractivity contribution in [3.8, 4) is 0 Å². The SMILES string of the molecule is CCCn1c(=O)sc2cc(S(=O)(=O)N3CCN(C(=O)c4ccccn4)CC3)ccc21. The molecule has 8 nitrogen and oxygen atoms in total. The average molecular weight is 447 g/mol. The summed E-state index contributed by atoms with van der Waals surface area (Å²) in [7, 11) is -3.71. The van der Waals surface area contributed by atoms with E-state index in [4.69, 9.17) is 0 Å². The van der Waals surface area contributed by atoms with Crippen LogP contribution >= 0.6 is 11.3 Å². The van der Waals surface area contributed by atoms with E-state index in [1.807, 2.05) is 6.92 Å². The van der Waals surface area contributed by atoms with Crippen molar-refractivity contribution in [3.63, 3.8) is 0 Å². The van der Waals surface area contributed by atoms with Crippen molar-refractivity contribution in [2.75, 3.05) is 26.2 Å². The molecule has 1 aromatic carbocycles. The molecule has 0 unspecified atom stereocenters. The number of sulfonamides is 1. The molecule has 2 aromatic heterocycles. The number of benzene rings is 1. The third-order valence-corrected chi connectivity index (χ3v) is 7.97. The smallest absolute Gasteiger partial charge is 0.308 e. The summed E-state index contributed by atoms with van der Waals surface area (Å²) < 4.78 is 30.0. The van der Waals surface area contributed by atoms with Crippen molar-refractivity contribution in [1.29, 1.82) is 0 Å². The Bertz CT molecular complexity index is 1230. The molecule has 0 saturated carbocycles. The maximum absolute atomic E-state index is 13.1. The van der Waals surface area contributed by atoms with E-state index in [-0.39, 0.29) is 28.8 Å². The van der Waals surface area contributed by atoms with E-state index >= 15 is 0 Å². The molecule has 0 aliphatic carbocycles. The zero-order chi connectivity index (χ0) is 21.3. The molecule has 1 aliphatic rings. The molecule has 4 rings (SSSR count). The van der Waals surface area contributed by atoms with Gasteiger partial charge >= 0.3 is 4.87 Å².